The van der Waals surface area contributed by atoms with E-state index in [1.807, 2.05) is 42.6 Å². The number of hydrogen-bond donors (Lipinski definition) is 1. The largest absolute Gasteiger partial charge is 0.494 e. The molecule has 1 amide bonds. The summed E-state index contributed by atoms with van der Waals surface area (Å²) >= 11 is 1.41. The van der Waals surface area contributed by atoms with Gasteiger partial charge in [0.25, 0.3) is 5.91 Å². The number of thiazole rings is 1. The molecule has 0 spiro atoms. The molecule has 0 atom stereocenters. The van der Waals surface area contributed by atoms with Gasteiger partial charge in [-0.25, -0.2) is 4.98 Å². The first kappa shape index (κ1) is 15.2. The number of anilines is 1. The Hall–Kier alpha value is -2.66. The van der Waals surface area contributed by atoms with Gasteiger partial charge in [-0.15, -0.1) is 11.3 Å². The van der Waals surface area contributed by atoms with Gasteiger partial charge in [0.2, 0.25) is 0 Å². The molecule has 0 fully saturated rings. The molecule has 0 aliphatic carbocycles. The minimum absolute atomic E-state index is 0.179. The highest BCUT2D eigenvalue weighted by Gasteiger charge is 2.10. The second kappa shape index (κ2) is 7.07. The van der Waals surface area contributed by atoms with E-state index in [2.05, 4.69) is 10.3 Å². The van der Waals surface area contributed by atoms with Crippen LogP contribution in [0.4, 0.5) is 5.13 Å². The van der Waals surface area contributed by atoms with Crippen LogP contribution >= 0.6 is 11.3 Å². The van der Waals surface area contributed by atoms with Crippen molar-refractivity contribution < 1.29 is 9.53 Å². The summed E-state index contributed by atoms with van der Waals surface area (Å²) in [7, 11) is 0. The zero-order chi connectivity index (χ0) is 16.1. The van der Waals surface area contributed by atoms with E-state index in [-0.39, 0.29) is 5.91 Å². The number of nitrogens with zero attached hydrogens (tertiary/aromatic N) is 1. The van der Waals surface area contributed by atoms with Crippen molar-refractivity contribution in [2.75, 3.05) is 11.9 Å². The van der Waals surface area contributed by atoms with Crippen LogP contribution < -0.4 is 10.1 Å². The SMILES string of the molecule is CCOc1ccc(C(=O)Nc2nc(-c3ccccc3)cs2)cc1. The fourth-order valence-corrected chi connectivity index (χ4v) is 2.83. The van der Waals surface area contributed by atoms with E-state index in [0.29, 0.717) is 17.3 Å². The third-order valence-electron chi connectivity index (χ3n) is 3.22. The summed E-state index contributed by atoms with van der Waals surface area (Å²) < 4.78 is 5.37. The highest BCUT2D eigenvalue weighted by atomic mass is 32.1. The van der Waals surface area contributed by atoms with Gasteiger partial charge in [-0.05, 0) is 31.2 Å². The molecule has 2 aromatic carbocycles. The van der Waals surface area contributed by atoms with Crippen molar-refractivity contribution in [2.24, 2.45) is 0 Å². The summed E-state index contributed by atoms with van der Waals surface area (Å²) in [6.07, 6.45) is 0. The van der Waals surface area contributed by atoms with Crippen molar-refractivity contribution >= 4 is 22.4 Å². The van der Waals surface area contributed by atoms with E-state index in [1.54, 1.807) is 24.3 Å². The molecule has 0 aliphatic heterocycles. The number of carbonyl (C=O) groups excluding carboxylic acids is 1. The standard InChI is InChI=1S/C18H16N2O2S/c1-2-22-15-10-8-14(9-11-15)17(21)20-18-19-16(12-23-18)13-6-4-3-5-7-13/h3-12H,2H2,1H3,(H,19,20,21). The molecular weight excluding hydrogens is 308 g/mol. The zero-order valence-electron chi connectivity index (χ0n) is 12.7. The highest BCUT2D eigenvalue weighted by molar-refractivity contribution is 7.14. The molecule has 116 valence electrons. The summed E-state index contributed by atoms with van der Waals surface area (Å²) in [5.74, 6) is 0.576. The second-order valence-electron chi connectivity index (χ2n) is 4.82. The zero-order valence-corrected chi connectivity index (χ0v) is 13.5. The maximum atomic E-state index is 12.2. The average Bonchev–Trinajstić information content (AvgIpc) is 3.05. The Kier molecular flexibility index (Phi) is 4.68. The lowest BCUT2D eigenvalue weighted by Gasteiger charge is -2.04. The van der Waals surface area contributed by atoms with E-state index in [0.717, 1.165) is 17.0 Å². The van der Waals surface area contributed by atoms with E-state index >= 15 is 0 Å². The van der Waals surface area contributed by atoms with Crippen LogP contribution in [-0.4, -0.2) is 17.5 Å². The Bertz CT molecular complexity index is 782. The fourth-order valence-electron chi connectivity index (χ4n) is 2.11. The summed E-state index contributed by atoms with van der Waals surface area (Å²) in [4.78, 5) is 16.7. The number of benzene rings is 2. The minimum Gasteiger partial charge on any atom is -0.494 e. The molecule has 4 nitrogen and oxygen atoms in total. The Morgan fingerprint density at radius 3 is 2.57 bits per heavy atom. The molecule has 3 rings (SSSR count). The summed E-state index contributed by atoms with van der Waals surface area (Å²) in [6.45, 7) is 2.53. The first-order chi connectivity index (χ1) is 11.3. The maximum Gasteiger partial charge on any atom is 0.257 e. The molecule has 1 aromatic heterocycles. The Balaban J connectivity index is 1.69. The molecule has 0 saturated carbocycles. The van der Waals surface area contributed by atoms with Crippen molar-refractivity contribution in [1.82, 2.24) is 4.98 Å². The van der Waals surface area contributed by atoms with Gasteiger partial charge in [-0.1, -0.05) is 30.3 Å². The van der Waals surface area contributed by atoms with Gasteiger partial charge in [-0.2, -0.15) is 0 Å². The molecule has 0 radical (unpaired) electrons. The van der Waals surface area contributed by atoms with Crippen molar-refractivity contribution in [3.05, 3.63) is 65.5 Å². The van der Waals surface area contributed by atoms with E-state index < -0.39 is 0 Å². The molecule has 3 aromatic rings. The average molecular weight is 324 g/mol. The number of aromatic nitrogens is 1. The van der Waals surface area contributed by atoms with E-state index in [4.69, 9.17) is 4.74 Å². The molecule has 0 unspecified atom stereocenters. The van der Waals surface area contributed by atoms with Crippen LogP contribution in [0.5, 0.6) is 5.75 Å². The number of amides is 1. The topological polar surface area (TPSA) is 51.2 Å². The van der Waals surface area contributed by atoms with E-state index in [1.165, 1.54) is 11.3 Å². The Labute approximate surface area is 138 Å². The number of ether oxygens (including phenoxy) is 1. The fraction of sp³-hybridized carbons (Fsp3) is 0.111. The van der Waals surface area contributed by atoms with Gasteiger partial charge in [0.15, 0.2) is 5.13 Å². The molecule has 23 heavy (non-hydrogen) atoms. The van der Waals surface area contributed by atoms with Gasteiger partial charge in [0.05, 0.1) is 12.3 Å². The third-order valence-corrected chi connectivity index (χ3v) is 3.98. The van der Waals surface area contributed by atoms with E-state index in [9.17, 15) is 4.79 Å². The summed E-state index contributed by atoms with van der Waals surface area (Å²) in [5, 5.41) is 5.35. The predicted octanol–water partition coefficient (Wildman–Crippen LogP) is 4.46. The minimum atomic E-state index is -0.179. The number of nitrogens with one attached hydrogen (secondary N) is 1. The normalized spacial score (nSPS) is 10.3. The predicted molar refractivity (Wildman–Crippen MR) is 93.1 cm³/mol. The lowest BCUT2D eigenvalue weighted by Crippen LogP contribution is -2.11. The van der Waals surface area contributed by atoms with Crippen LogP contribution in [0, 0.1) is 0 Å². The van der Waals surface area contributed by atoms with Crippen LogP contribution in [0.25, 0.3) is 11.3 Å². The lowest BCUT2D eigenvalue weighted by atomic mass is 10.2. The van der Waals surface area contributed by atoms with Crippen LogP contribution in [0.1, 0.15) is 17.3 Å². The molecule has 0 saturated heterocycles. The van der Waals surface area contributed by atoms with Gasteiger partial charge in [-0.3, -0.25) is 10.1 Å². The van der Waals surface area contributed by atoms with Crippen molar-refractivity contribution in [1.29, 1.82) is 0 Å². The number of carbonyl (C=O) groups is 1. The summed E-state index contributed by atoms with van der Waals surface area (Å²) in [5.41, 5.74) is 2.47. The molecule has 1 heterocycles. The Morgan fingerprint density at radius 2 is 1.87 bits per heavy atom. The quantitative estimate of drug-likeness (QED) is 0.754. The van der Waals surface area contributed by atoms with Crippen LogP contribution in [-0.2, 0) is 0 Å². The first-order valence-electron chi connectivity index (χ1n) is 7.31. The Morgan fingerprint density at radius 1 is 1.13 bits per heavy atom. The molecule has 5 heteroatoms. The molecule has 0 bridgehead atoms. The first-order valence-corrected chi connectivity index (χ1v) is 8.19. The van der Waals surface area contributed by atoms with Crippen LogP contribution in [0.2, 0.25) is 0 Å². The van der Waals surface area contributed by atoms with Gasteiger partial charge in [0.1, 0.15) is 5.75 Å². The molecule has 0 aliphatic rings. The van der Waals surface area contributed by atoms with Gasteiger partial charge in [0, 0.05) is 16.5 Å². The third kappa shape index (κ3) is 3.76. The van der Waals surface area contributed by atoms with Crippen molar-refractivity contribution in [2.45, 2.75) is 6.92 Å². The van der Waals surface area contributed by atoms with Gasteiger partial charge < -0.3 is 4.74 Å². The molecule has 1 N–H and O–H groups in total. The second-order valence-corrected chi connectivity index (χ2v) is 5.67. The lowest BCUT2D eigenvalue weighted by molar-refractivity contribution is 0.102. The highest BCUT2D eigenvalue weighted by Crippen LogP contribution is 2.25. The van der Waals surface area contributed by atoms with Crippen LogP contribution in [0.15, 0.2) is 60.0 Å². The number of hydrogen-bond acceptors (Lipinski definition) is 4. The number of rotatable bonds is 5. The molecular formula is C18H16N2O2S. The smallest absolute Gasteiger partial charge is 0.257 e. The maximum absolute atomic E-state index is 12.2. The van der Waals surface area contributed by atoms with Crippen molar-refractivity contribution in [3.8, 4) is 17.0 Å². The monoisotopic (exact) mass is 324 g/mol. The van der Waals surface area contributed by atoms with Gasteiger partial charge >= 0.3 is 0 Å². The van der Waals surface area contributed by atoms with Crippen molar-refractivity contribution in [3.63, 3.8) is 0 Å². The van der Waals surface area contributed by atoms with Crippen LogP contribution in [0.3, 0.4) is 0 Å². The summed E-state index contributed by atoms with van der Waals surface area (Å²) in [6, 6.07) is 16.9.